The predicted molar refractivity (Wildman–Crippen MR) is 104 cm³/mol. The van der Waals surface area contributed by atoms with Crippen molar-refractivity contribution in [2.45, 2.75) is 50.2 Å². The molecule has 1 aliphatic carbocycles. The smallest absolute Gasteiger partial charge is 0.314 e. The van der Waals surface area contributed by atoms with Crippen LogP contribution in [0, 0.1) is 6.92 Å². The van der Waals surface area contributed by atoms with E-state index in [-0.39, 0.29) is 23.4 Å². The fraction of sp³-hybridized carbons (Fsp3) is 0.421. The van der Waals surface area contributed by atoms with Gasteiger partial charge < -0.3 is 10.6 Å². The second kappa shape index (κ2) is 7.05. The van der Waals surface area contributed by atoms with Gasteiger partial charge in [-0.25, -0.2) is 13.1 Å². The number of amides is 2. The Hall–Kier alpha value is -2.68. The fourth-order valence-corrected chi connectivity index (χ4v) is 5.30. The van der Waals surface area contributed by atoms with Crippen molar-refractivity contribution in [2.24, 2.45) is 0 Å². The molecular formula is C19H22N4O4S. The molecule has 2 aromatic rings. The van der Waals surface area contributed by atoms with Crippen molar-refractivity contribution >= 4 is 27.5 Å². The van der Waals surface area contributed by atoms with Crippen LogP contribution >= 0.6 is 0 Å². The van der Waals surface area contributed by atoms with Crippen LogP contribution in [0.4, 0.5) is 5.82 Å². The van der Waals surface area contributed by atoms with E-state index < -0.39 is 21.7 Å². The van der Waals surface area contributed by atoms with Gasteiger partial charge in [0.2, 0.25) is 0 Å². The number of nitrogens with one attached hydrogen (secondary N) is 2. The lowest BCUT2D eigenvalue weighted by atomic mass is 10.2. The summed E-state index contributed by atoms with van der Waals surface area (Å²) < 4.78 is 25.5. The van der Waals surface area contributed by atoms with Gasteiger partial charge in [0, 0.05) is 11.6 Å². The first-order valence-corrected chi connectivity index (χ1v) is 11.1. The lowest BCUT2D eigenvalue weighted by Crippen LogP contribution is -2.41. The van der Waals surface area contributed by atoms with E-state index in [1.54, 1.807) is 0 Å². The lowest BCUT2D eigenvalue weighted by molar-refractivity contribution is -0.136. The molecule has 0 atom stereocenters. The minimum Gasteiger partial charge on any atom is -0.345 e. The molecule has 0 spiro atoms. The molecule has 1 aromatic carbocycles. The van der Waals surface area contributed by atoms with Gasteiger partial charge in [0.05, 0.1) is 22.9 Å². The Morgan fingerprint density at radius 2 is 1.89 bits per heavy atom. The van der Waals surface area contributed by atoms with E-state index in [1.165, 1.54) is 4.68 Å². The zero-order valence-electron chi connectivity index (χ0n) is 15.6. The summed E-state index contributed by atoms with van der Waals surface area (Å²) in [4.78, 5) is 24.8. The van der Waals surface area contributed by atoms with Crippen molar-refractivity contribution in [1.82, 2.24) is 15.1 Å². The molecule has 1 fully saturated rings. The number of carbonyl (C=O) groups excluding carboxylic acids is 2. The van der Waals surface area contributed by atoms with Crippen molar-refractivity contribution in [3.8, 4) is 5.69 Å². The van der Waals surface area contributed by atoms with Crippen molar-refractivity contribution < 1.29 is 18.0 Å². The minimum atomic E-state index is -3.29. The number of aryl methyl sites for hydroxylation is 1. The summed E-state index contributed by atoms with van der Waals surface area (Å²) in [6, 6.07) is 7.50. The van der Waals surface area contributed by atoms with Crippen LogP contribution in [0.1, 0.15) is 42.5 Å². The van der Waals surface area contributed by atoms with Crippen LogP contribution < -0.4 is 10.6 Å². The quantitative estimate of drug-likeness (QED) is 0.758. The molecule has 0 radical (unpaired) electrons. The summed E-state index contributed by atoms with van der Waals surface area (Å²) in [6.45, 7) is 1.93. The van der Waals surface area contributed by atoms with Gasteiger partial charge in [-0.05, 0) is 37.5 Å². The molecule has 9 heteroatoms. The number of hydrogen-bond acceptors (Lipinski definition) is 5. The average molecular weight is 402 g/mol. The third kappa shape index (κ3) is 3.66. The Kier molecular flexibility index (Phi) is 4.70. The molecule has 0 unspecified atom stereocenters. The summed E-state index contributed by atoms with van der Waals surface area (Å²) in [5.74, 6) is -1.65. The Bertz CT molecular complexity index is 1050. The number of sulfone groups is 1. The molecule has 148 valence electrons. The van der Waals surface area contributed by atoms with Crippen LogP contribution in [0.5, 0.6) is 0 Å². The molecule has 1 aliphatic heterocycles. The highest BCUT2D eigenvalue weighted by Crippen LogP contribution is 2.33. The molecule has 2 amide bonds. The van der Waals surface area contributed by atoms with Gasteiger partial charge in [-0.3, -0.25) is 9.59 Å². The molecule has 1 aromatic heterocycles. The van der Waals surface area contributed by atoms with Crippen molar-refractivity contribution in [1.29, 1.82) is 0 Å². The number of anilines is 1. The molecule has 28 heavy (non-hydrogen) atoms. The first-order chi connectivity index (χ1) is 13.3. The zero-order chi connectivity index (χ0) is 19.9. The molecule has 2 aliphatic rings. The summed E-state index contributed by atoms with van der Waals surface area (Å²) >= 11 is 0. The summed E-state index contributed by atoms with van der Waals surface area (Å²) in [5.41, 5.74) is 2.55. The maximum absolute atomic E-state index is 12.5. The Morgan fingerprint density at radius 3 is 2.61 bits per heavy atom. The number of benzene rings is 1. The molecule has 2 heterocycles. The van der Waals surface area contributed by atoms with E-state index in [1.807, 2.05) is 31.2 Å². The topological polar surface area (TPSA) is 110 Å². The maximum atomic E-state index is 12.5. The van der Waals surface area contributed by atoms with E-state index in [4.69, 9.17) is 0 Å². The van der Waals surface area contributed by atoms with E-state index in [2.05, 4.69) is 15.7 Å². The van der Waals surface area contributed by atoms with Gasteiger partial charge in [0.15, 0.2) is 9.84 Å². The zero-order valence-corrected chi connectivity index (χ0v) is 16.4. The van der Waals surface area contributed by atoms with E-state index in [0.29, 0.717) is 16.9 Å². The van der Waals surface area contributed by atoms with Crippen LogP contribution in [0.3, 0.4) is 0 Å². The third-order valence-corrected chi connectivity index (χ3v) is 6.60. The normalized spacial score (nSPS) is 18.0. The van der Waals surface area contributed by atoms with Gasteiger partial charge in [-0.2, -0.15) is 5.10 Å². The van der Waals surface area contributed by atoms with Gasteiger partial charge >= 0.3 is 11.8 Å². The van der Waals surface area contributed by atoms with E-state index in [9.17, 15) is 18.0 Å². The fourth-order valence-electron chi connectivity index (χ4n) is 3.80. The van der Waals surface area contributed by atoms with Crippen LogP contribution in [-0.2, 0) is 30.9 Å². The average Bonchev–Trinajstić information content (AvgIpc) is 3.31. The highest BCUT2D eigenvalue weighted by molar-refractivity contribution is 7.90. The molecule has 4 rings (SSSR count). The molecular weight excluding hydrogens is 380 g/mol. The monoisotopic (exact) mass is 402 g/mol. The van der Waals surface area contributed by atoms with Gasteiger partial charge in [0.1, 0.15) is 5.82 Å². The molecule has 1 saturated carbocycles. The number of fused-ring (bicyclic) bond motifs is 1. The van der Waals surface area contributed by atoms with Crippen molar-refractivity contribution in [3.63, 3.8) is 0 Å². The molecule has 0 bridgehead atoms. The highest BCUT2D eigenvalue weighted by Gasteiger charge is 2.34. The van der Waals surface area contributed by atoms with E-state index >= 15 is 0 Å². The first kappa shape index (κ1) is 18.7. The first-order valence-electron chi connectivity index (χ1n) is 9.32. The van der Waals surface area contributed by atoms with Crippen LogP contribution in [0.25, 0.3) is 5.69 Å². The largest absolute Gasteiger partial charge is 0.345 e. The second-order valence-corrected chi connectivity index (χ2v) is 9.53. The number of carbonyl (C=O) groups is 2. The number of nitrogens with zero attached hydrogens (tertiary/aromatic N) is 2. The third-order valence-electron chi connectivity index (χ3n) is 5.16. The number of aromatic nitrogens is 2. The van der Waals surface area contributed by atoms with Gasteiger partial charge in [0.25, 0.3) is 0 Å². The van der Waals surface area contributed by atoms with Crippen LogP contribution in [0.2, 0.25) is 0 Å². The Labute approximate surface area is 163 Å². The Balaban J connectivity index is 1.65. The molecule has 2 N–H and O–H groups in total. The van der Waals surface area contributed by atoms with Gasteiger partial charge in [-0.1, -0.05) is 25.0 Å². The van der Waals surface area contributed by atoms with Gasteiger partial charge in [-0.15, -0.1) is 0 Å². The van der Waals surface area contributed by atoms with E-state index in [0.717, 1.165) is 31.2 Å². The summed E-state index contributed by atoms with van der Waals surface area (Å²) in [6.07, 6.45) is 3.82. The lowest BCUT2D eigenvalue weighted by Gasteiger charge is -2.14. The number of hydrogen-bond donors (Lipinski definition) is 2. The molecule has 8 nitrogen and oxygen atoms in total. The van der Waals surface area contributed by atoms with Crippen LogP contribution in [-0.4, -0.2) is 36.1 Å². The SMILES string of the molecule is Cc1cccc(-n2nc3c(c2NC(=O)C(=O)NC2CCCC2)CS(=O)(=O)C3)c1. The minimum absolute atomic E-state index is 0.0195. The molecule has 0 saturated heterocycles. The van der Waals surface area contributed by atoms with Crippen LogP contribution in [0.15, 0.2) is 24.3 Å². The standard InChI is InChI=1S/C19H22N4O4S/c1-12-5-4-8-14(9-12)23-17(15-10-28(26,27)11-16(15)22-23)21-19(25)18(24)20-13-6-2-3-7-13/h4-5,8-9,13H,2-3,6-7,10-11H2,1H3,(H,20,24)(H,21,25). The summed E-state index contributed by atoms with van der Waals surface area (Å²) in [7, 11) is -3.29. The van der Waals surface area contributed by atoms with Crippen molar-refractivity contribution in [2.75, 3.05) is 5.32 Å². The Morgan fingerprint density at radius 1 is 1.14 bits per heavy atom. The highest BCUT2D eigenvalue weighted by atomic mass is 32.2. The van der Waals surface area contributed by atoms with Crippen molar-refractivity contribution in [3.05, 3.63) is 41.1 Å². The number of rotatable bonds is 3. The maximum Gasteiger partial charge on any atom is 0.314 e. The second-order valence-electron chi connectivity index (χ2n) is 7.47. The predicted octanol–water partition coefficient (Wildman–Crippen LogP) is 1.61. The summed E-state index contributed by atoms with van der Waals surface area (Å²) in [5, 5.41) is 9.75.